The van der Waals surface area contributed by atoms with Crippen LogP contribution in [0.15, 0.2) is 30.3 Å². The Hall–Kier alpha value is -1.12. The zero-order valence-electron chi connectivity index (χ0n) is 13.9. The Morgan fingerprint density at radius 3 is 2.24 bits per heavy atom. The predicted octanol–water partition coefficient (Wildman–Crippen LogP) is 5.41. The minimum Gasteiger partial charge on any atom is -0.306 e. The third-order valence-corrected chi connectivity index (χ3v) is 4.87. The number of hydrogen-bond acceptors (Lipinski definition) is 2. The van der Waals surface area contributed by atoms with Gasteiger partial charge in [-0.15, -0.1) is 11.3 Å². The molecule has 1 N–H and O–H groups in total. The lowest BCUT2D eigenvalue weighted by atomic mass is 10.00. The fourth-order valence-electron chi connectivity index (χ4n) is 2.65. The molecule has 114 valence electrons. The Bertz CT molecular complexity index is 566. The summed E-state index contributed by atoms with van der Waals surface area (Å²) in [7, 11) is 0. The van der Waals surface area contributed by atoms with E-state index >= 15 is 0 Å². The highest BCUT2D eigenvalue weighted by Crippen LogP contribution is 2.22. The minimum absolute atomic E-state index is 0.387. The highest BCUT2D eigenvalue weighted by Gasteiger charge is 2.08. The second-order valence-corrected chi connectivity index (χ2v) is 7.84. The van der Waals surface area contributed by atoms with Crippen molar-refractivity contribution in [2.75, 3.05) is 0 Å². The highest BCUT2D eigenvalue weighted by atomic mass is 32.1. The van der Waals surface area contributed by atoms with E-state index in [2.05, 4.69) is 70.3 Å². The Morgan fingerprint density at radius 2 is 1.71 bits per heavy atom. The van der Waals surface area contributed by atoms with Crippen molar-refractivity contribution in [3.63, 3.8) is 0 Å². The third-order valence-electron chi connectivity index (χ3n) is 3.87. The topological polar surface area (TPSA) is 12.0 Å². The second-order valence-electron chi connectivity index (χ2n) is 6.38. The molecule has 0 aliphatic heterocycles. The van der Waals surface area contributed by atoms with Gasteiger partial charge in [-0.05, 0) is 55.9 Å². The Labute approximate surface area is 133 Å². The lowest BCUT2D eigenvalue weighted by Crippen LogP contribution is -2.18. The highest BCUT2D eigenvalue weighted by molar-refractivity contribution is 7.12. The summed E-state index contributed by atoms with van der Waals surface area (Å²) in [5.41, 5.74) is 4.23. The van der Waals surface area contributed by atoms with E-state index in [0.717, 1.165) is 18.9 Å². The largest absolute Gasteiger partial charge is 0.306 e. The molecular formula is C19H27NS. The Morgan fingerprint density at radius 1 is 1.05 bits per heavy atom. The SMILES string of the molecule is Cc1cc(CNC(C)c2ccc(CC(C)C)cc2)c(C)s1. The zero-order chi connectivity index (χ0) is 15.4. The molecular weight excluding hydrogens is 274 g/mol. The molecule has 0 saturated carbocycles. The van der Waals surface area contributed by atoms with Crippen LogP contribution in [0.2, 0.25) is 0 Å². The molecule has 1 nitrogen and oxygen atoms in total. The summed E-state index contributed by atoms with van der Waals surface area (Å²) in [5.74, 6) is 0.719. The summed E-state index contributed by atoms with van der Waals surface area (Å²) in [6.45, 7) is 12.1. The maximum absolute atomic E-state index is 3.64. The van der Waals surface area contributed by atoms with Gasteiger partial charge in [0.2, 0.25) is 0 Å². The van der Waals surface area contributed by atoms with Crippen molar-refractivity contribution < 1.29 is 0 Å². The number of benzene rings is 1. The third kappa shape index (κ3) is 4.69. The first-order chi connectivity index (χ1) is 9.95. The maximum atomic E-state index is 3.64. The van der Waals surface area contributed by atoms with E-state index in [9.17, 15) is 0 Å². The van der Waals surface area contributed by atoms with Crippen molar-refractivity contribution in [2.45, 2.75) is 53.6 Å². The van der Waals surface area contributed by atoms with Crippen LogP contribution in [0.5, 0.6) is 0 Å². The van der Waals surface area contributed by atoms with E-state index in [1.54, 1.807) is 0 Å². The van der Waals surface area contributed by atoms with Crippen LogP contribution in [0.3, 0.4) is 0 Å². The van der Waals surface area contributed by atoms with Crippen LogP contribution in [-0.4, -0.2) is 0 Å². The van der Waals surface area contributed by atoms with Gasteiger partial charge < -0.3 is 5.32 Å². The van der Waals surface area contributed by atoms with Crippen LogP contribution in [0.1, 0.15) is 53.3 Å². The summed E-state index contributed by atoms with van der Waals surface area (Å²) in [5, 5.41) is 3.64. The predicted molar refractivity (Wildman–Crippen MR) is 94.0 cm³/mol. The molecule has 1 aromatic heterocycles. The van der Waals surface area contributed by atoms with Gasteiger partial charge in [-0.2, -0.15) is 0 Å². The number of rotatable bonds is 6. The van der Waals surface area contributed by atoms with Gasteiger partial charge in [0.05, 0.1) is 0 Å². The van der Waals surface area contributed by atoms with Crippen molar-refractivity contribution >= 4 is 11.3 Å². The number of aryl methyl sites for hydroxylation is 2. The van der Waals surface area contributed by atoms with Crippen LogP contribution in [0, 0.1) is 19.8 Å². The molecule has 1 atom stereocenters. The number of hydrogen-bond donors (Lipinski definition) is 1. The van der Waals surface area contributed by atoms with E-state index in [4.69, 9.17) is 0 Å². The van der Waals surface area contributed by atoms with Gasteiger partial charge >= 0.3 is 0 Å². The molecule has 0 saturated heterocycles. The van der Waals surface area contributed by atoms with Crippen molar-refractivity contribution in [3.8, 4) is 0 Å². The number of nitrogens with one attached hydrogen (secondary N) is 1. The normalized spacial score (nSPS) is 12.9. The van der Waals surface area contributed by atoms with Gasteiger partial charge in [-0.1, -0.05) is 38.1 Å². The fourth-order valence-corrected chi connectivity index (χ4v) is 3.60. The molecule has 0 radical (unpaired) electrons. The van der Waals surface area contributed by atoms with Gasteiger partial charge in [-0.3, -0.25) is 0 Å². The first-order valence-corrected chi connectivity index (χ1v) is 8.65. The van der Waals surface area contributed by atoms with Gasteiger partial charge in [0, 0.05) is 22.3 Å². The quantitative estimate of drug-likeness (QED) is 0.751. The van der Waals surface area contributed by atoms with E-state index in [1.807, 2.05) is 11.3 Å². The number of thiophene rings is 1. The summed E-state index contributed by atoms with van der Waals surface area (Å²) in [4.78, 5) is 2.83. The van der Waals surface area contributed by atoms with E-state index in [1.165, 1.54) is 26.4 Å². The first kappa shape index (κ1) is 16.3. The first-order valence-electron chi connectivity index (χ1n) is 7.84. The van der Waals surface area contributed by atoms with Gasteiger partial charge in [-0.25, -0.2) is 0 Å². The lowest BCUT2D eigenvalue weighted by molar-refractivity contribution is 0.573. The molecule has 1 unspecified atom stereocenters. The molecule has 0 aliphatic carbocycles. The summed E-state index contributed by atoms with van der Waals surface area (Å²) in [6, 6.07) is 11.8. The molecule has 0 fully saturated rings. The van der Waals surface area contributed by atoms with Crippen LogP contribution in [0.25, 0.3) is 0 Å². The molecule has 1 aromatic carbocycles. The van der Waals surface area contributed by atoms with Crippen molar-refractivity contribution in [1.82, 2.24) is 5.32 Å². The standard InChI is InChI=1S/C19H27NS/c1-13(2)10-17-6-8-18(9-7-17)15(4)20-12-19-11-14(3)21-16(19)5/h6-9,11,13,15,20H,10,12H2,1-5H3. The zero-order valence-corrected chi connectivity index (χ0v) is 14.7. The lowest BCUT2D eigenvalue weighted by Gasteiger charge is -2.15. The second kappa shape index (κ2) is 7.24. The van der Waals surface area contributed by atoms with E-state index in [0.29, 0.717) is 6.04 Å². The monoisotopic (exact) mass is 301 g/mol. The molecule has 0 spiro atoms. The molecule has 1 heterocycles. The van der Waals surface area contributed by atoms with Gasteiger partial charge in [0.1, 0.15) is 0 Å². The Balaban J connectivity index is 1.93. The van der Waals surface area contributed by atoms with Crippen molar-refractivity contribution in [1.29, 1.82) is 0 Å². The summed E-state index contributed by atoms with van der Waals surface area (Å²) >= 11 is 1.88. The van der Waals surface area contributed by atoms with E-state index < -0.39 is 0 Å². The fraction of sp³-hybridized carbons (Fsp3) is 0.474. The molecule has 2 heteroatoms. The smallest absolute Gasteiger partial charge is 0.0294 e. The summed E-state index contributed by atoms with van der Waals surface area (Å²) in [6.07, 6.45) is 1.16. The van der Waals surface area contributed by atoms with Crippen LogP contribution in [-0.2, 0) is 13.0 Å². The van der Waals surface area contributed by atoms with Crippen LogP contribution < -0.4 is 5.32 Å². The maximum Gasteiger partial charge on any atom is 0.0294 e. The van der Waals surface area contributed by atoms with Crippen molar-refractivity contribution in [2.24, 2.45) is 5.92 Å². The molecule has 0 bridgehead atoms. The minimum atomic E-state index is 0.387. The Kier molecular flexibility index (Phi) is 5.60. The molecule has 0 aliphatic rings. The molecule has 2 aromatic rings. The summed E-state index contributed by atoms with van der Waals surface area (Å²) < 4.78 is 0. The molecule has 0 amide bonds. The molecule has 21 heavy (non-hydrogen) atoms. The average Bonchev–Trinajstić information content (AvgIpc) is 2.74. The van der Waals surface area contributed by atoms with Crippen molar-refractivity contribution in [3.05, 3.63) is 56.8 Å². The van der Waals surface area contributed by atoms with Crippen LogP contribution in [0.4, 0.5) is 0 Å². The van der Waals surface area contributed by atoms with E-state index in [-0.39, 0.29) is 0 Å². The van der Waals surface area contributed by atoms with Crippen LogP contribution >= 0.6 is 11.3 Å². The van der Waals surface area contributed by atoms with Gasteiger partial charge in [0.25, 0.3) is 0 Å². The molecule has 2 rings (SSSR count). The average molecular weight is 301 g/mol. The van der Waals surface area contributed by atoms with Gasteiger partial charge in [0.15, 0.2) is 0 Å².